The van der Waals surface area contributed by atoms with Gasteiger partial charge in [-0.15, -0.1) is 0 Å². The summed E-state index contributed by atoms with van der Waals surface area (Å²) >= 11 is 0. The van der Waals surface area contributed by atoms with E-state index in [1.54, 1.807) is 0 Å². The van der Waals surface area contributed by atoms with Gasteiger partial charge in [-0.2, -0.15) is 0 Å². The van der Waals surface area contributed by atoms with Gasteiger partial charge < -0.3 is 4.74 Å². The molecule has 0 bridgehead atoms. The van der Waals surface area contributed by atoms with Crippen molar-refractivity contribution in [3.8, 4) is 0 Å². The summed E-state index contributed by atoms with van der Waals surface area (Å²) < 4.78 is 6.01. The van der Waals surface area contributed by atoms with Crippen molar-refractivity contribution in [3.05, 3.63) is 0 Å². The Morgan fingerprint density at radius 3 is 2.42 bits per heavy atom. The molecule has 1 heterocycles. The summed E-state index contributed by atoms with van der Waals surface area (Å²) in [6, 6.07) is 0. The Hall–Kier alpha value is -0.610. The quantitative estimate of drug-likeness (QED) is 0.833. The molecule has 1 N–H and O–H groups in total. The van der Waals surface area contributed by atoms with Crippen molar-refractivity contribution < 1.29 is 9.53 Å². The molecule has 0 spiro atoms. The summed E-state index contributed by atoms with van der Waals surface area (Å²) in [6.45, 7) is 3.99. The molecule has 1 amide bonds. The first kappa shape index (κ1) is 14.8. The summed E-state index contributed by atoms with van der Waals surface area (Å²) in [5.74, 6) is 0.0509. The summed E-state index contributed by atoms with van der Waals surface area (Å²) in [4.78, 5) is 12.2. The average Bonchev–Trinajstić information content (AvgIpc) is 2.47. The van der Waals surface area contributed by atoms with E-state index in [2.05, 4.69) is 10.4 Å². The Morgan fingerprint density at radius 1 is 1.16 bits per heavy atom. The highest BCUT2D eigenvalue weighted by atomic mass is 16.5. The second kappa shape index (κ2) is 7.85. The number of rotatable bonds is 5. The first-order valence-electron chi connectivity index (χ1n) is 8.00. The van der Waals surface area contributed by atoms with Crippen LogP contribution in [-0.2, 0) is 9.53 Å². The van der Waals surface area contributed by atoms with Crippen LogP contribution in [0.4, 0.5) is 0 Å². The first-order chi connectivity index (χ1) is 9.29. The molecule has 0 aromatic carbocycles. The predicted molar refractivity (Wildman–Crippen MR) is 75.6 cm³/mol. The van der Waals surface area contributed by atoms with Crippen LogP contribution in [0, 0.1) is 0 Å². The lowest BCUT2D eigenvalue weighted by Gasteiger charge is -2.30. The van der Waals surface area contributed by atoms with E-state index < -0.39 is 0 Å². The zero-order valence-electron chi connectivity index (χ0n) is 12.2. The summed E-state index contributed by atoms with van der Waals surface area (Å²) in [5.41, 5.74) is 3.03. The number of carbonyl (C=O) groups excluding carboxylic acids is 1. The van der Waals surface area contributed by atoms with Crippen LogP contribution >= 0.6 is 0 Å². The van der Waals surface area contributed by atoms with E-state index in [1.807, 2.05) is 6.92 Å². The molecular formula is C15H28N2O2. The van der Waals surface area contributed by atoms with Crippen LogP contribution in [0.3, 0.4) is 0 Å². The molecule has 1 aliphatic heterocycles. The van der Waals surface area contributed by atoms with Gasteiger partial charge in [0.1, 0.15) is 6.10 Å². The number of piperidine rings is 1. The molecule has 4 nitrogen and oxygen atoms in total. The fourth-order valence-corrected chi connectivity index (χ4v) is 3.01. The van der Waals surface area contributed by atoms with Crippen molar-refractivity contribution in [2.45, 2.75) is 76.9 Å². The second-order valence-corrected chi connectivity index (χ2v) is 5.82. The van der Waals surface area contributed by atoms with E-state index in [4.69, 9.17) is 4.74 Å². The highest BCUT2D eigenvalue weighted by Crippen LogP contribution is 2.22. The number of nitrogens with one attached hydrogen (secondary N) is 1. The van der Waals surface area contributed by atoms with Crippen LogP contribution in [0.15, 0.2) is 0 Å². The van der Waals surface area contributed by atoms with Crippen molar-refractivity contribution in [2.24, 2.45) is 0 Å². The van der Waals surface area contributed by atoms with Gasteiger partial charge in [0.15, 0.2) is 0 Å². The van der Waals surface area contributed by atoms with E-state index in [9.17, 15) is 4.79 Å². The minimum absolute atomic E-state index is 0.0509. The monoisotopic (exact) mass is 268 g/mol. The van der Waals surface area contributed by atoms with Crippen LogP contribution < -0.4 is 5.43 Å². The fourth-order valence-electron chi connectivity index (χ4n) is 3.01. The van der Waals surface area contributed by atoms with Crippen LogP contribution in [-0.4, -0.2) is 36.2 Å². The van der Waals surface area contributed by atoms with E-state index >= 15 is 0 Å². The van der Waals surface area contributed by atoms with Crippen LogP contribution in [0.1, 0.15) is 64.7 Å². The normalized spacial score (nSPS) is 24.1. The van der Waals surface area contributed by atoms with E-state index in [-0.39, 0.29) is 12.0 Å². The van der Waals surface area contributed by atoms with Gasteiger partial charge in [0.25, 0.3) is 5.91 Å². The number of hydrazine groups is 1. The summed E-state index contributed by atoms with van der Waals surface area (Å²) in [5, 5.41) is 2.05. The van der Waals surface area contributed by atoms with Gasteiger partial charge in [-0.3, -0.25) is 10.2 Å². The van der Waals surface area contributed by atoms with Crippen molar-refractivity contribution >= 4 is 5.91 Å². The molecular weight excluding hydrogens is 240 g/mol. The largest absolute Gasteiger partial charge is 0.365 e. The Bertz CT molecular complexity index is 271. The Balaban J connectivity index is 1.76. The van der Waals surface area contributed by atoms with E-state index in [1.165, 1.54) is 38.5 Å². The predicted octanol–water partition coefficient (Wildman–Crippen LogP) is 2.63. The number of ether oxygens (including phenoxy) is 1. The number of hydrogen-bond acceptors (Lipinski definition) is 3. The maximum atomic E-state index is 12.2. The topological polar surface area (TPSA) is 41.6 Å². The van der Waals surface area contributed by atoms with Crippen molar-refractivity contribution in [1.29, 1.82) is 0 Å². The molecule has 1 aliphatic carbocycles. The van der Waals surface area contributed by atoms with Crippen molar-refractivity contribution in [3.63, 3.8) is 0 Å². The molecule has 1 atom stereocenters. The molecule has 19 heavy (non-hydrogen) atoms. The number of carbonyl (C=O) groups is 1. The van der Waals surface area contributed by atoms with E-state index in [0.29, 0.717) is 6.10 Å². The first-order valence-corrected chi connectivity index (χ1v) is 8.00. The molecule has 2 rings (SSSR count). The molecule has 2 fully saturated rings. The average molecular weight is 268 g/mol. The molecule has 1 saturated carbocycles. The fraction of sp³-hybridized carbons (Fsp3) is 0.933. The van der Waals surface area contributed by atoms with Gasteiger partial charge in [0.2, 0.25) is 0 Å². The van der Waals surface area contributed by atoms with Gasteiger partial charge in [0, 0.05) is 13.1 Å². The third kappa shape index (κ3) is 4.77. The number of hydrogen-bond donors (Lipinski definition) is 1. The maximum Gasteiger partial charge on any atom is 0.263 e. The molecule has 0 unspecified atom stereocenters. The zero-order valence-corrected chi connectivity index (χ0v) is 12.2. The molecule has 2 aliphatic rings. The van der Waals surface area contributed by atoms with Crippen molar-refractivity contribution in [2.75, 3.05) is 13.1 Å². The lowest BCUT2D eigenvalue weighted by Crippen LogP contribution is -2.50. The summed E-state index contributed by atoms with van der Waals surface area (Å²) in [7, 11) is 0. The van der Waals surface area contributed by atoms with Crippen LogP contribution in [0.5, 0.6) is 0 Å². The summed E-state index contributed by atoms with van der Waals surface area (Å²) in [6.07, 6.45) is 10.5. The molecule has 4 heteroatoms. The third-order valence-electron chi connectivity index (χ3n) is 4.20. The van der Waals surface area contributed by atoms with Crippen molar-refractivity contribution in [1.82, 2.24) is 10.4 Å². The number of amides is 1. The zero-order chi connectivity index (χ0) is 13.5. The maximum absolute atomic E-state index is 12.2. The highest BCUT2D eigenvalue weighted by molar-refractivity contribution is 5.80. The minimum Gasteiger partial charge on any atom is -0.365 e. The highest BCUT2D eigenvalue weighted by Gasteiger charge is 2.25. The molecule has 0 aromatic rings. The SMILES string of the molecule is CC[C@@H](OC1CCCCC1)C(=O)NN1CCCCC1. The molecule has 1 saturated heterocycles. The Kier molecular flexibility index (Phi) is 6.11. The van der Waals surface area contributed by atoms with Gasteiger partial charge in [0.05, 0.1) is 6.10 Å². The second-order valence-electron chi connectivity index (χ2n) is 5.82. The lowest BCUT2D eigenvalue weighted by atomic mass is 9.97. The Labute approximate surface area is 116 Å². The van der Waals surface area contributed by atoms with Gasteiger partial charge in [-0.1, -0.05) is 32.6 Å². The van der Waals surface area contributed by atoms with Gasteiger partial charge in [-0.25, -0.2) is 5.01 Å². The van der Waals surface area contributed by atoms with Gasteiger partial charge >= 0.3 is 0 Å². The van der Waals surface area contributed by atoms with Crippen LogP contribution in [0.25, 0.3) is 0 Å². The standard InChI is InChI=1S/C15H28N2O2/c1-2-14(19-13-9-5-3-6-10-13)15(18)16-17-11-7-4-8-12-17/h13-14H,2-12H2,1H3,(H,16,18)/t14-/m1/s1. The minimum atomic E-state index is -0.273. The number of nitrogens with zero attached hydrogens (tertiary/aromatic N) is 1. The molecule has 110 valence electrons. The molecule has 0 aromatic heterocycles. The smallest absolute Gasteiger partial charge is 0.263 e. The molecule has 0 radical (unpaired) electrons. The van der Waals surface area contributed by atoms with Gasteiger partial charge in [-0.05, 0) is 32.1 Å². The third-order valence-corrected chi connectivity index (χ3v) is 4.20. The van der Waals surface area contributed by atoms with Crippen LogP contribution in [0.2, 0.25) is 0 Å². The van der Waals surface area contributed by atoms with E-state index in [0.717, 1.165) is 32.4 Å². The Morgan fingerprint density at radius 2 is 1.79 bits per heavy atom. The lowest BCUT2D eigenvalue weighted by molar-refractivity contribution is -0.143.